The first-order chi connectivity index (χ1) is 16.5. The molecule has 4 rings (SSSR count). The predicted molar refractivity (Wildman–Crippen MR) is 142 cm³/mol. The van der Waals surface area contributed by atoms with Gasteiger partial charge in [0.25, 0.3) is 0 Å². The number of halogens is 1. The van der Waals surface area contributed by atoms with Gasteiger partial charge in [-0.25, -0.2) is 4.98 Å². The number of hydrogen-bond acceptors (Lipinski definition) is 3. The van der Waals surface area contributed by atoms with Crippen LogP contribution in [-0.2, 0) is 13.1 Å². The Balaban J connectivity index is 1.72. The van der Waals surface area contributed by atoms with Gasteiger partial charge in [-0.2, -0.15) is 0 Å². The summed E-state index contributed by atoms with van der Waals surface area (Å²) in [6, 6.07) is 13.2. The number of imidazole rings is 1. The van der Waals surface area contributed by atoms with E-state index in [1.807, 2.05) is 0 Å². The molecule has 2 aromatic carbocycles. The predicted octanol–water partition coefficient (Wildman–Crippen LogP) is 7.66. The number of aromatic nitrogens is 2. The summed E-state index contributed by atoms with van der Waals surface area (Å²) in [5, 5.41) is 0.640. The van der Waals surface area contributed by atoms with Gasteiger partial charge in [-0.3, -0.25) is 4.90 Å². The minimum absolute atomic E-state index is 0.380. The van der Waals surface area contributed by atoms with Crippen molar-refractivity contribution in [3.8, 4) is 17.1 Å². The fraction of sp³-hybridized carbons (Fsp3) is 0.483. The highest BCUT2D eigenvalue weighted by Gasteiger charge is 2.29. The molecule has 1 saturated heterocycles. The number of rotatable bonds is 8. The van der Waals surface area contributed by atoms with Crippen molar-refractivity contribution in [2.24, 2.45) is 0 Å². The van der Waals surface area contributed by atoms with Gasteiger partial charge >= 0.3 is 0 Å². The molecule has 0 radical (unpaired) electrons. The minimum Gasteiger partial charge on any atom is -0.496 e. The highest BCUT2D eigenvalue weighted by Crippen LogP contribution is 2.38. The van der Waals surface area contributed by atoms with Crippen LogP contribution in [0.15, 0.2) is 36.4 Å². The van der Waals surface area contributed by atoms with E-state index < -0.39 is 0 Å². The fourth-order valence-corrected chi connectivity index (χ4v) is 5.56. The van der Waals surface area contributed by atoms with Crippen LogP contribution < -0.4 is 4.74 Å². The van der Waals surface area contributed by atoms with Crippen molar-refractivity contribution in [2.45, 2.75) is 78.9 Å². The second-order valence-electron chi connectivity index (χ2n) is 9.58. The Morgan fingerprint density at radius 1 is 1.06 bits per heavy atom. The lowest BCUT2D eigenvalue weighted by molar-refractivity contribution is 0.136. The first-order valence-corrected chi connectivity index (χ1v) is 13.0. The number of hydrogen-bond donors (Lipinski definition) is 0. The van der Waals surface area contributed by atoms with Crippen LogP contribution in [0.2, 0.25) is 5.15 Å². The monoisotopic (exact) mass is 479 g/mol. The Morgan fingerprint density at radius 2 is 1.85 bits per heavy atom. The van der Waals surface area contributed by atoms with E-state index >= 15 is 0 Å². The summed E-state index contributed by atoms with van der Waals surface area (Å²) in [6.45, 7) is 11.6. The molecule has 182 valence electrons. The fourth-order valence-electron chi connectivity index (χ4n) is 5.32. The molecule has 34 heavy (non-hydrogen) atoms. The molecule has 0 spiro atoms. The molecule has 1 aliphatic heterocycles. The van der Waals surface area contributed by atoms with Crippen molar-refractivity contribution in [1.29, 1.82) is 0 Å². The molecule has 0 aliphatic carbocycles. The Kier molecular flexibility index (Phi) is 8.00. The molecule has 5 heteroatoms. The van der Waals surface area contributed by atoms with Crippen molar-refractivity contribution in [1.82, 2.24) is 14.5 Å². The lowest BCUT2D eigenvalue weighted by Crippen LogP contribution is -2.34. The molecule has 4 nitrogen and oxygen atoms in total. The lowest BCUT2D eigenvalue weighted by atomic mass is 9.90. The van der Waals surface area contributed by atoms with Gasteiger partial charge < -0.3 is 9.30 Å². The van der Waals surface area contributed by atoms with Crippen LogP contribution in [0.1, 0.15) is 73.0 Å². The van der Waals surface area contributed by atoms with Gasteiger partial charge in [-0.1, -0.05) is 61.7 Å². The molecular formula is C29H38ClN3O. The van der Waals surface area contributed by atoms with E-state index in [2.05, 4.69) is 73.6 Å². The highest BCUT2D eigenvalue weighted by atomic mass is 35.5. The Labute approximate surface area is 209 Å². The molecular weight excluding hydrogens is 442 g/mol. The van der Waals surface area contributed by atoms with Crippen molar-refractivity contribution in [3.63, 3.8) is 0 Å². The average molecular weight is 480 g/mol. The van der Waals surface area contributed by atoms with Crippen LogP contribution in [0.5, 0.6) is 5.75 Å². The minimum atomic E-state index is 0.380. The lowest BCUT2D eigenvalue weighted by Gasteiger charge is -2.37. The van der Waals surface area contributed by atoms with Crippen molar-refractivity contribution in [2.75, 3.05) is 13.7 Å². The van der Waals surface area contributed by atoms with E-state index in [-0.39, 0.29) is 0 Å². The van der Waals surface area contributed by atoms with Gasteiger partial charge in [0.1, 0.15) is 11.6 Å². The van der Waals surface area contributed by atoms with Crippen LogP contribution in [0, 0.1) is 20.8 Å². The van der Waals surface area contributed by atoms with Crippen molar-refractivity contribution < 1.29 is 4.74 Å². The van der Waals surface area contributed by atoms with E-state index in [0.29, 0.717) is 11.2 Å². The SMILES string of the molecule is CCCCn1c(-c2ccccc2C)nc(Cl)c1CN1CCCCC1c1ccc(OC)c(C)c1C. The number of methoxy groups -OCH3 is 1. The first kappa shape index (κ1) is 24.8. The van der Waals surface area contributed by atoms with Crippen LogP contribution in [0.3, 0.4) is 0 Å². The van der Waals surface area contributed by atoms with Crippen LogP contribution in [-0.4, -0.2) is 28.1 Å². The zero-order valence-corrected chi connectivity index (χ0v) is 22.1. The number of nitrogens with zero attached hydrogens (tertiary/aromatic N) is 3. The summed E-state index contributed by atoms with van der Waals surface area (Å²) in [4.78, 5) is 7.51. The maximum atomic E-state index is 6.87. The van der Waals surface area contributed by atoms with E-state index in [1.165, 1.54) is 40.7 Å². The van der Waals surface area contributed by atoms with Gasteiger partial charge in [0.05, 0.1) is 12.8 Å². The highest BCUT2D eigenvalue weighted by molar-refractivity contribution is 6.30. The number of piperidine rings is 1. The summed E-state index contributed by atoms with van der Waals surface area (Å²) in [5.74, 6) is 1.96. The Hall–Kier alpha value is -2.30. The molecule has 3 aromatic rings. The first-order valence-electron chi connectivity index (χ1n) is 12.6. The third kappa shape index (κ3) is 4.89. The number of ether oxygens (including phenoxy) is 1. The van der Waals surface area contributed by atoms with Gasteiger partial charge in [0, 0.05) is 24.7 Å². The summed E-state index contributed by atoms with van der Waals surface area (Å²) in [5.41, 5.74) is 7.52. The van der Waals surface area contributed by atoms with E-state index in [9.17, 15) is 0 Å². The van der Waals surface area contributed by atoms with Gasteiger partial charge in [0.2, 0.25) is 0 Å². The van der Waals surface area contributed by atoms with E-state index in [4.69, 9.17) is 21.3 Å². The van der Waals surface area contributed by atoms with Crippen molar-refractivity contribution in [3.05, 3.63) is 69.5 Å². The van der Waals surface area contributed by atoms with Crippen LogP contribution in [0.25, 0.3) is 11.4 Å². The topological polar surface area (TPSA) is 30.3 Å². The molecule has 1 atom stereocenters. The Morgan fingerprint density at radius 3 is 2.59 bits per heavy atom. The molecule has 0 bridgehead atoms. The summed E-state index contributed by atoms with van der Waals surface area (Å²) in [6.07, 6.45) is 5.88. The summed E-state index contributed by atoms with van der Waals surface area (Å²) < 4.78 is 7.95. The van der Waals surface area contributed by atoms with Gasteiger partial charge in [0.15, 0.2) is 5.15 Å². The van der Waals surface area contributed by atoms with Crippen LogP contribution in [0.4, 0.5) is 0 Å². The average Bonchev–Trinajstić information content (AvgIpc) is 3.15. The van der Waals surface area contributed by atoms with Gasteiger partial charge in [-0.05, 0) is 74.9 Å². The molecule has 1 aliphatic rings. The number of benzene rings is 2. The quantitative estimate of drug-likeness (QED) is 0.332. The molecule has 1 aromatic heterocycles. The zero-order chi connectivity index (χ0) is 24.2. The molecule has 0 amide bonds. The normalized spacial score (nSPS) is 16.7. The largest absolute Gasteiger partial charge is 0.496 e. The molecule has 1 fully saturated rings. The zero-order valence-electron chi connectivity index (χ0n) is 21.3. The third-order valence-corrected chi connectivity index (χ3v) is 7.77. The van der Waals surface area contributed by atoms with E-state index in [0.717, 1.165) is 56.2 Å². The molecule has 0 saturated carbocycles. The van der Waals surface area contributed by atoms with Crippen molar-refractivity contribution >= 4 is 11.6 Å². The summed E-state index contributed by atoms with van der Waals surface area (Å²) in [7, 11) is 1.75. The van der Waals surface area contributed by atoms with Crippen LogP contribution >= 0.6 is 11.6 Å². The smallest absolute Gasteiger partial charge is 0.152 e. The second kappa shape index (κ2) is 11.0. The molecule has 2 heterocycles. The molecule has 0 N–H and O–H groups in total. The Bertz CT molecular complexity index is 1140. The second-order valence-corrected chi connectivity index (χ2v) is 9.94. The number of likely N-dealkylation sites (tertiary alicyclic amines) is 1. The maximum Gasteiger partial charge on any atom is 0.152 e. The maximum absolute atomic E-state index is 6.87. The standard InChI is InChI=1S/C29H38ClN3O/c1-6-7-18-33-26(28(30)31-29(33)23-13-9-8-12-20(23)2)19-32-17-11-10-14-25(32)24-15-16-27(34-5)22(4)21(24)3/h8-9,12-13,15-16,25H,6-7,10-11,14,17-19H2,1-5H3. The number of unbranched alkanes of at least 4 members (excludes halogenated alkanes) is 1. The molecule has 1 unspecified atom stereocenters. The summed E-state index contributed by atoms with van der Waals surface area (Å²) >= 11 is 6.87. The third-order valence-electron chi connectivity index (χ3n) is 7.47. The van der Waals surface area contributed by atoms with E-state index in [1.54, 1.807) is 7.11 Å². The van der Waals surface area contributed by atoms with Gasteiger partial charge in [-0.15, -0.1) is 0 Å². The number of aryl methyl sites for hydroxylation is 1.